The van der Waals surface area contributed by atoms with Gasteiger partial charge < -0.3 is 10.2 Å². The molecule has 0 fully saturated rings. The smallest absolute Gasteiger partial charge is 0.254 e. The zero-order chi connectivity index (χ0) is 8.97. The van der Waals surface area contributed by atoms with E-state index in [-0.39, 0.29) is 5.91 Å². The van der Waals surface area contributed by atoms with E-state index in [0.29, 0.717) is 5.57 Å². The van der Waals surface area contributed by atoms with Crippen LogP contribution in [0.1, 0.15) is 0 Å². The van der Waals surface area contributed by atoms with Crippen molar-refractivity contribution in [2.24, 2.45) is 0 Å². The molecule has 3 nitrogen and oxygen atoms in total. The highest BCUT2D eigenvalue weighted by Crippen LogP contribution is 2.02. The van der Waals surface area contributed by atoms with E-state index in [0.717, 1.165) is 0 Å². The predicted molar refractivity (Wildman–Crippen MR) is 48.2 cm³/mol. The van der Waals surface area contributed by atoms with Crippen LogP contribution in [-0.4, -0.2) is 24.9 Å². The third-order valence-corrected chi connectivity index (χ3v) is 1.47. The van der Waals surface area contributed by atoms with Gasteiger partial charge in [-0.1, -0.05) is 6.08 Å². The summed E-state index contributed by atoms with van der Waals surface area (Å²) in [5.41, 5.74) is 0.657. The molecule has 0 aromatic rings. The highest BCUT2D eigenvalue weighted by atomic mass is 16.2. The number of carbonyl (C=O) groups is 1. The number of nitrogens with zero attached hydrogens (tertiary/aromatic N) is 1. The lowest BCUT2D eigenvalue weighted by atomic mass is 10.2. The van der Waals surface area contributed by atoms with Gasteiger partial charge in [-0.25, -0.2) is 0 Å². The minimum absolute atomic E-state index is 0.00227. The van der Waals surface area contributed by atoms with Crippen molar-refractivity contribution in [3.05, 3.63) is 36.2 Å². The minimum Gasteiger partial charge on any atom is -0.367 e. The molecule has 0 radical (unpaired) electrons. The lowest BCUT2D eigenvalue weighted by Crippen LogP contribution is -2.23. The summed E-state index contributed by atoms with van der Waals surface area (Å²) in [6.45, 7) is 0. The van der Waals surface area contributed by atoms with Gasteiger partial charge in [0.1, 0.15) is 0 Å². The molecule has 1 heterocycles. The summed E-state index contributed by atoms with van der Waals surface area (Å²) in [5, 5.41) is 2.88. The molecule has 0 bridgehead atoms. The Labute approximate surface area is 72.1 Å². The second-order valence-corrected chi connectivity index (χ2v) is 2.68. The van der Waals surface area contributed by atoms with E-state index >= 15 is 0 Å². The topological polar surface area (TPSA) is 32.3 Å². The van der Waals surface area contributed by atoms with Crippen LogP contribution in [0, 0.1) is 0 Å². The average molecular weight is 164 g/mol. The highest BCUT2D eigenvalue weighted by Gasteiger charge is 2.07. The van der Waals surface area contributed by atoms with E-state index in [1.165, 1.54) is 0 Å². The maximum atomic E-state index is 11.4. The lowest BCUT2D eigenvalue weighted by Gasteiger charge is -2.09. The number of likely N-dealkylation sites (N-methyl/N-ethyl adjacent to an activating group) is 1. The molecule has 1 aliphatic rings. The molecule has 1 aliphatic heterocycles. The van der Waals surface area contributed by atoms with Crippen molar-refractivity contribution in [1.82, 2.24) is 10.2 Å². The van der Waals surface area contributed by atoms with Gasteiger partial charge in [0, 0.05) is 26.5 Å². The van der Waals surface area contributed by atoms with Crippen LogP contribution in [-0.2, 0) is 4.79 Å². The fraction of sp³-hybridized carbons (Fsp3) is 0.222. The summed E-state index contributed by atoms with van der Waals surface area (Å²) < 4.78 is 0. The molecule has 0 unspecified atom stereocenters. The Hall–Kier alpha value is -1.51. The van der Waals surface area contributed by atoms with Crippen LogP contribution in [0.4, 0.5) is 0 Å². The van der Waals surface area contributed by atoms with Gasteiger partial charge >= 0.3 is 0 Å². The Bertz CT molecular complexity index is 262. The fourth-order valence-corrected chi connectivity index (χ4v) is 0.848. The van der Waals surface area contributed by atoms with E-state index < -0.39 is 0 Å². The van der Waals surface area contributed by atoms with Gasteiger partial charge in [-0.3, -0.25) is 4.79 Å². The summed E-state index contributed by atoms with van der Waals surface area (Å²) in [7, 11) is 3.46. The van der Waals surface area contributed by atoms with E-state index in [2.05, 4.69) is 5.32 Å². The zero-order valence-corrected chi connectivity index (χ0v) is 7.24. The van der Waals surface area contributed by atoms with Crippen molar-refractivity contribution >= 4 is 5.91 Å². The molecule has 0 spiro atoms. The third kappa shape index (κ3) is 1.99. The van der Waals surface area contributed by atoms with Crippen LogP contribution >= 0.6 is 0 Å². The van der Waals surface area contributed by atoms with E-state index in [4.69, 9.17) is 0 Å². The molecule has 64 valence electrons. The standard InChI is InChI=1S/C9H12N2O/c1-11(2)9(12)8-5-3-4-6-10-7-8/h3-7,10H,1-2H3. The van der Waals surface area contributed by atoms with Crippen LogP contribution in [0.5, 0.6) is 0 Å². The number of nitrogens with one attached hydrogen (secondary N) is 1. The molecule has 0 saturated heterocycles. The molecule has 1 amide bonds. The van der Waals surface area contributed by atoms with Crippen molar-refractivity contribution in [1.29, 1.82) is 0 Å². The summed E-state index contributed by atoms with van der Waals surface area (Å²) in [6.07, 6.45) is 8.90. The van der Waals surface area contributed by atoms with Crippen molar-refractivity contribution in [2.75, 3.05) is 14.1 Å². The number of hydrogen-bond donors (Lipinski definition) is 1. The molecule has 1 rings (SSSR count). The molecule has 1 N–H and O–H groups in total. The first-order valence-corrected chi connectivity index (χ1v) is 3.73. The minimum atomic E-state index is 0.00227. The Morgan fingerprint density at radius 2 is 2.17 bits per heavy atom. The van der Waals surface area contributed by atoms with Gasteiger partial charge in [0.2, 0.25) is 0 Å². The van der Waals surface area contributed by atoms with Crippen LogP contribution in [0.3, 0.4) is 0 Å². The summed E-state index contributed by atoms with van der Waals surface area (Å²) in [4.78, 5) is 12.9. The first kappa shape index (κ1) is 8.59. The first-order chi connectivity index (χ1) is 5.72. The Morgan fingerprint density at radius 3 is 2.83 bits per heavy atom. The van der Waals surface area contributed by atoms with Gasteiger partial charge in [0.05, 0.1) is 5.57 Å². The molecule has 0 aromatic carbocycles. The van der Waals surface area contributed by atoms with Gasteiger partial charge in [-0.2, -0.15) is 0 Å². The second-order valence-electron chi connectivity index (χ2n) is 2.68. The Kier molecular flexibility index (Phi) is 2.69. The van der Waals surface area contributed by atoms with E-state index in [1.54, 1.807) is 37.5 Å². The van der Waals surface area contributed by atoms with Crippen molar-refractivity contribution in [3.8, 4) is 0 Å². The van der Waals surface area contributed by atoms with Crippen molar-refractivity contribution < 1.29 is 4.79 Å². The largest absolute Gasteiger partial charge is 0.367 e. The van der Waals surface area contributed by atoms with Crippen LogP contribution < -0.4 is 5.32 Å². The van der Waals surface area contributed by atoms with Crippen molar-refractivity contribution in [3.63, 3.8) is 0 Å². The molecule has 12 heavy (non-hydrogen) atoms. The normalized spacial score (nSPS) is 14.7. The van der Waals surface area contributed by atoms with Crippen LogP contribution in [0.15, 0.2) is 36.2 Å². The number of allylic oxidation sites excluding steroid dienone is 2. The van der Waals surface area contributed by atoms with Crippen LogP contribution in [0.25, 0.3) is 0 Å². The number of amides is 1. The van der Waals surface area contributed by atoms with Gasteiger partial charge in [-0.05, 0) is 12.2 Å². The van der Waals surface area contributed by atoms with Crippen LogP contribution in [0.2, 0.25) is 0 Å². The fourth-order valence-electron chi connectivity index (χ4n) is 0.848. The summed E-state index contributed by atoms with van der Waals surface area (Å²) in [5.74, 6) is 0.00227. The van der Waals surface area contributed by atoms with Gasteiger partial charge in [0.15, 0.2) is 0 Å². The summed E-state index contributed by atoms with van der Waals surface area (Å²) >= 11 is 0. The first-order valence-electron chi connectivity index (χ1n) is 3.73. The third-order valence-electron chi connectivity index (χ3n) is 1.47. The maximum Gasteiger partial charge on any atom is 0.254 e. The Morgan fingerprint density at radius 1 is 1.42 bits per heavy atom. The zero-order valence-electron chi connectivity index (χ0n) is 7.24. The molecule has 0 saturated carbocycles. The summed E-state index contributed by atoms with van der Waals surface area (Å²) in [6, 6.07) is 0. The molecule has 3 heteroatoms. The quantitative estimate of drug-likeness (QED) is 0.616. The van der Waals surface area contributed by atoms with Crippen molar-refractivity contribution in [2.45, 2.75) is 0 Å². The molecule has 0 atom stereocenters. The molecule has 0 aromatic heterocycles. The highest BCUT2D eigenvalue weighted by molar-refractivity contribution is 5.95. The predicted octanol–water partition coefficient (Wildman–Crippen LogP) is 0.632. The van der Waals surface area contributed by atoms with E-state index in [9.17, 15) is 4.79 Å². The number of rotatable bonds is 1. The average Bonchev–Trinajstić information content (AvgIpc) is 2.30. The molecule has 0 aliphatic carbocycles. The number of carbonyl (C=O) groups excluding carboxylic acids is 1. The Balaban J connectivity index is 2.75. The maximum absolute atomic E-state index is 11.4. The lowest BCUT2D eigenvalue weighted by molar-refractivity contribution is -0.124. The second kappa shape index (κ2) is 3.76. The van der Waals surface area contributed by atoms with Gasteiger partial charge in [-0.15, -0.1) is 0 Å². The van der Waals surface area contributed by atoms with Gasteiger partial charge in [0.25, 0.3) is 5.91 Å². The SMILES string of the molecule is CN(C)C(=O)C1=CNC=CC=C1. The van der Waals surface area contributed by atoms with E-state index in [1.807, 2.05) is 12.2 Å². The number of hydrogen-bond acceptors (Lipinski definition) is 2. The molecular weight excluding hydrogens is 152 g/mol. The molecular formula is C9H12N2O. The monoisotopic (exact) mass is 164 g/mol.